The molecule has 144 valence electrons. The molecular weight excluding hydrogens is 368 g/mol. The van der Waals surface area contributed by atoms with Crippen LogP contribution in [0.3, 0.4) is 0 Å². The van der Waals surface area contributed by atoms with Crippen molar-refractivity contribution < 1.29 is 4.79 Å². The van der Waals surface area contributed by atoms with E-state index in [9.17, 15) is 4.79 Å². The van der Waals surface area contributed by atoms with Crippen LogP contribution >= 0.6 is 11.8 Å². The third-order valence-electron chi connectivity index (χ3n) is 5.47. The molecule has 2 heterocycles. The van der Waals surface area contributed by atoms with Gasteiger partial charge < -0.3 is 10.3 Å². The summed E-state index contributed by atoms with van der Waals surface area (Å²) in [4.78, 5) is 23.3. The minimum absolute atomic E-state index is 0.0670. The molecule has 2 N–H and O–H groups in total. The minimum Gasteiger partial charge on any atom is -0.352 e. The van der Waals surface area contributed by atoms with Crippen LogP contribution in [0.5, 0.6) is 0 Å². The van der Waals surface area contributed by atoms with Gasteiger partial charge in [0, 0.05) is 24.4 Å². The normalized spacial score (nSPS) is 22.6. The summed E-state index contributed by atoms with van der Waals surface area (Å²) in [5.74, 6) is 0.186. The van der Waals surface area contributed by atoms with E-state index < -0.39 is 0 Å². The van der Waals surface area contributed by atoms with E-state index in [4.69, 9.17) is 4.98 Å². The summed E-state index contributed by atoms with van der Waals surface area (Å²) < 4.78 is 0. The first-order valence-electron chi connectivity index (χ1n) is 9.94. The fourth-order valence-corrected chi connectivity index (χ4v) is 5.06. The number of amides is 1. The number of thioether (sulfide) groups is 1. The summed E-state index contributed by atoms with van der Waals surface area (Å²) in [7, 11) is 0. The summed E-state index contributed by atoms with van der Waals surface area (Å²) in [5, 5.41) is 4.49. The van der Waals surface area contributed by atoms with Crippen LogP contribution in [0.2, 0.25) is 0 Å². The van der Waals surface area contributed by atoms with E-state index >= 15 is 0 Å². The van der Waals surface area contributed by atoms with Crippen molar-refractivity contribution in [2.45, 2.75) is 48.3 Å². The maximum atomic E-state index is 12.8. The van der Waals surface area contributed by atoms with E-state index in [1.54, 1.807) is 11.8 Å². The molecule has 1 saturated heterocycles. The van der Waals surface area contributed by atoms with Crippen LogP contribution in [0.15, 0.2) is 59.8 Å². The third kappa shape index (κ3) is 3.93. The molecule has 0 spiro atoms. The number of carbonyl (C=O) groups excluding carboxylic acids is 1. The molecule has 0 bridgehead atoms. The van der Waals surface area contributed by atoms with Gasteiger partial charge in [0.25, 0.3) is 0 Å². The Labute approximate surface area is 168 Å². The third-order valence-corrected chi connectivity index (χ3v) is 6.56. The molecule has 6 heteroatoms. The van der Waals surface area contributed by atoms with Crippen LogP contribution in [0.1, 0.15) is 24.8 Å². The van der Waals surface area contributed by atoms with Gasteiger partial charge >= 0.3 is 0 Å². The second-order valence-corrected chi connectivity index (χ2v) is 9.04. The summed E-state index contributed by atoms with van der Waals surface area (Å²) in [6, 6.07) is 18.9. The van der Waals surface area contributed by atoms with Crippen molar-refractivity contribution in [3.63, 3.8) is 0 Å². The topological polar surface area (TPSA) is 61.0 Å². The van der Waals surface area contributed by atoms with Gasteiger partial charge in [0.05, 0.1) is 17.1 Å². The number of nitrogens with zero attached hydrogens (tertiary/aromatic N) is 2. The van der Waals surface area contributed by atoms with Gasteiger partial charge in [0.15, 0.2) is 5.16 Å². The van der Waals surface area contributed by atoms with Crippen LogP contribution in [0.25, 0.3) is 11.0 Å². The highest BCUT2D eigenvalue weighted by Crippen LogP contribution is 2.34. The number of fused-ring (bicyclic) bond motifs is 1. The number of likely N-dealkylation sites (tertiary alicyclic amines) is 1. The SMILES string of the molecule is O=C(NC1CC1)[C@@H]1C[C@@H](Sc2nc3ccccc3[nH]2)CN1Cc1ccccc1. The number of hydrogen-bond donors (Lipinski definition) is 2. The largest absolute Gasteiger partial charge is 0.352 e. The zero-order valence-corrected chi connectivity index (χ0v) is 16.5. The molecule has 1 amide bonds. The molecule has 2 aromatic carbocycles. The fourth-order valence-electron chi connectivity index (χ4n) is 3.88. The number of carbonyl (C=O) groups is 1. The van der Waals surface area contributed by atoms with Crippen molar-refractivity contribution in [1.29, 1.82) is 0 Å². The van der Waals surface area contributed by atoms with E-state index in [2.05, 4.69) is 45.5 Å². The maximum Gasteiger partial charge on any atom is 0.237 e. The molecular formula is C22H24N4OS. The standard InChI is InChI=1S/C22H24N4OS/c27-21(23-16-10-11-16)20-12-17(14-26(20)13-15-6-2-1-3-7-15)28-22-24-18-8-4-5-9-19(18)25-22/h1-9,16-17,20H,10-14H2,(H,23,27)(H,24,25)/t17-,20+/m1/s1. The monoisotopic (exact) mass is 392 g/mol. The predicted molar refractivity (Wildman–Crippen MR) is 112 cm³/mol. The Kier molecular flexibility index (Phi) is 4.82. The minimum atomic E-state index is -0.0670. The van der Waals surface area contributed by atoms with Gasteiger partial charge in [-0.2, -0.15) is 0 Å². The number of hydrogen-bond acceptors (Lipinski definition) is 4. The Morgan fingerprint density at radius 1 is 1.14 bits per heavy atom. The highest BCUT2D eigenvalue weighted by Gasteiger charge is 2.39. The molecule has 0 radical (unpaired) electrons. The van der Waals surface area contributed by atoms with E-state index in [0.717, 1.165) is 48.5 Å². The van der Waals surface area contributed by atoms with Crippen LogP contribution in [0.4, 0.5) is 0 Å². The molecule has 28 heavy (non-hydrogen) atoms. The number of aromatic nitrogens is 2. The van der Waals surface area contributed by atoms with Crippen molar-refractivity contribution in [2.24, 2.45) is 0 Å². The molecule has 1 aromatic heterocycles. The van der Waals surface area contributed by atoms with Gasteiger partial charge in [-0.1, -0.05) is 54.2 Å². The number of rotatable bonds is 6. The van der Waals surface area contributed by atoms with Gasteiger partial charge in [0.1, 0.15) is 0 Å². The van der Waals surface area contributed by atoms with Crippen molar-refractivity contribution in [2.75, 3.05) is 6.54 Å². The van der Waals surface area contributed by atoms with Crippen molar-refractivity contribution in [3.05, 3.63) is 60.2 Å². The number of imidazole rings is 1. The first-order chi connectivity index (χ1) is 13.7. The lowest BCUT2D eigenvalue weighted by molar-refractivity contribution is -0.125. The van der Waals surface area contributed by atoms with Crippen LogP contribution in [-0.2, 0) is 11.3 Å². The molecule has 1 aliphatic carbocycles. The predicted octanol–water partition coefficient (Wildman–Crippen LogP) is 3.58. The first kappa shape index (κ1) is 17.8. The van der Waals surface area contributed by atoms with E-state index in [-0.39, 0.29) is 11.9 Å². The highest BCUT2D eigenvalue weighted by molar-refractivity contribution is 7.99. The fraction of sp³-hybridized carbons (Fsp3) is 0.364. The number of para-hydroxylation sites is 2. The van der Waals surface area contributed by atoms with Gasteiger partial charge in [-0.15, -0.1) is 0 Å². The molecule has 2 fully saturated rings. The lowest BCUT2D eigenvalue weighted by Gasteiger charge is -2.23. The van der Waals surface area contributed by atoms with Gasteiger partial charge in [0.2, 0.25) is 5.91 Å². The molecule has 2 atom stereocenters. The molecule has 5 nitrogen and oxygen atoms in total. The number of aromatic amines is 1. The Hall–Kier alpha value is -2.31. The molecule has 1 saturated carbocycles. The first-order valence-corrected chi connectivity index (χ1v) is 10.8. The van der Waals surface area contributed by atoms with Crippen LogP contribution in [-0.4, -0.2) is 44.7 Å². The lowest BCUT2D eigenvalue weighted by Crippen LogP contribution is -2.43. The summed E-state index contributed by atoms with van der Waals surface area (Å²) >= 11 is 1.76. The number of H-pyrrole nitrogens is 1. The molecule has 0 unspecified atom stereocenters. The average molecular weight is 393 g/mol. The van der Waals surface area contributed by atoms with E-state index in [0.29, 0.717) is 11.3 Å². The van der Waals surface area contributed by atoms with E-state index in [1.807, 2.05) is 24.3 Å². The second-order valence-electron chi connectivity index (χ2n) is 7.75. The Morgan fingerprint density at radius 2 is 1.93 bits per heavy atom. The average Bonchev–Trinajstić information content (AvgIpc) is 3.28. The lowest BCUT2D eigenvalue weighted by atomic mass is 10.1. The summed E-state index contributed by atoms with van der Waals surface area (Å²) in [6.45, 7) is 1.69. The summed E-state index contributed by atoms with van der Waals surface area (Å²) in [5.41, 5.74) is 3.31. The zero-order chi connectivity index (χ0) is 18.9. The molecule has 5 rings (SSSR count). The van der Waals surface area contributed by atoms with Crippen molar-refractivity contribution >= 4 is 28.7 Å². The maximum absolute atomic E-state index is 12.8. The number of benzene rings is 2. The van der Waals surface area contributed by atoms with Crippen molar-refractivity contribution in [3.8, 4) is 0 Å². The quantitative estimate of drug-likeness (QED) is 0.673. The molecule has 3 aromatic rings. The Bertz CT molecular complexity index is 936. The highest BCUT2D eigenvalue weighted by atomic mass is 32.2. The van der Waals surface area contributed by atoms with Gasteiger partial charge in [-0.25, -0.2) is 4.98 Å². The molecule has 1 aliphatic heterocycles. The zero-order valence-electron chi connectivity index (χ0n) is 15.7. The van der Waals surface area contributed by atoms with Crippen LogP contribution in [0, 0.1) is 0 Å². The second kappa shape index (κ2) is 7.60. The molecule has 2 aliphatic rings. The van der Waals surface area contributed by atoms with Crippen molar-refractivity contribution in [1.82, 2.24) is 20.2 Å². The Balaban J connectivity index is 1.32. The van der Waals surface area contributed by atoms with Crippen LogP contribution < -0.4 is 5.32 Å². The van der Waals surface area contributed by atoms with Gasteiger partial charge in [-0.3, -0.25) is 9.69 Å². The van der Waals surface area contributed by atoms with Gasteiger partial charge in [-0.05, 0) is 37.0 Å². The summed E-state index contributed by atoms with van der Waals surface area (Å²) in [6.07, 6.45) is 3.09. The van der Waals surface area contributed by atoms with E-state index in [1.165, 1.54) is 5.56 Å². The Morgan fingerprint density at radius 3 is 2.71 bits per heavy atom. The smallest absolute Gasteiger partial charge is 0.237 e. The number of nitrogens with one attached hydrogen (secondary N) is 2.